The van der Waals surface area contributed by atoms with E-state index in [-0.39, 0.29) is 12.6 Å². The van der Waals surface area contributed by atoms with Gasteiger partial charge in [0.2, 0.25) is 5.89 Å². The average Bonchev–Trinajstić information content (AvgIpc) is 2.70. The van der Waals surface area contributed by atoms with Crippen molar-refractivity contribution in [3.63, 3.8) is 0 Å². The van der Waals surface area contributed by atoms with Crippen molar-refractivity contribution in [2.24, 2.45) is 0 Å². The van der Waals surface area contributed by atoms with Gasteiger partial charge >= 0.3 is 5.97 Å². The summed E-state index contributed by atoms with van der Waals surface area (Å²) in [7, 11) is 0. The Morgan fingerprint density at radius 2 is 2.41 bits per heavy atom. The van der Waals surface area contributed by atoms with Crippen molar-refractivity contribution >= 4 is 5.97 Å². The smallest absolute Gasteiger partial charge is 0.332 e. The zero-order valence-corrected chi connectivity index (χ0v) is 10.2. The number of hydrogen-bond acceptors (Lipinski definition) is 6. The van der Waals surface area contributed by atoms with Crippen molar-refractivity contribution in [1.29, 1.82) is 0 Å². The molecule has 0 fully saturated rings. The fraction of sp³-hybridized carbons (Fsp3) is 0.636. The average molecular weight is 242 g/mol. The van der Waals surface area contributed by atoms with E-state index in [1.165, 1.54) is 0 Å². The van der Waals surface area contributed by atoms with Gasteiger partial charge in [0.15, 0.2) is 0 Å². The van der Waals surface area contributed by atoms with Crippen LogP contribution in [0.2, 0.25) is 0 Å². The normalized spacial score (nSPS) is 10.5. The van der Waals surface area contributed by atoms with E-state index in [1.807, 2.05) is 6.92 Å². The van der Waals surface area contributed by atoms with Crippen LogP contribution in [0.25, 0.3) is 0 Å². The lowest BCUT2D eigenvalue weighted by Gasteiger charge is -2.04. The van der Waals surface area contributed by atoms with Crippen LogP contribution >= 0.6 is 0 Å². The summed E-state index contributed by atoms with van der Waals surface area (Å²) in [5.41, 5.74) is 0. The monoisotopic (exact) mass is 242 g/mol. The van der Waals surface area contributed by atoms with Crippen molar-refractivity contribution in [3.8, 4) is 0 Å². The highest BCUT2D eigenvalue weighted by Crippen LogP contribution is 1.99. The fourth-order valence-electron chi connectivity index (χ4n) is 1.18. The topological polar surface area (TPSA) is 73.6 Å². The molecule has 17 heavy (non-hydrogen) atoms. The van der Waals surface area contributed by atoms with Crippen molar-refractivity contribution in [2.75, 3.05) is 26.4 Å². The molecular formula is C11H18N2O4. The van der Waals surface area contributed by atoms with Gasteiger partial charge in [-0.3, -0.25) is 0 Å². The first kappa shape index (κ1) is 13.7. The molecule has 0 unspecified atom stereocenters. The number of carbonyl (C=O) groups excluding carboxylic acids is 1. The number of nitrogens with one attached hydrogen (secondary N) is 1. The molecule has 1 aromatic heterocycles. The summed E-state index contributed by atoms with van der Waals surface area (Å²) >= 11 is 0. The molecule has 0 aliphatic heterocycles. The second kappa shape index (κ2) is 7.81. The summed E-state index contributed by atoms with van der Waals surface area (Å²) in [5.74, 6) is 1.10. The third-order valence-electron chi connectivity index (χ3n) is 1.89. The maximum atomic E-state index is 10.9. The van der Waals surface area contributed by atoms with Gasteiger partial charge in [0, 0.05) is 6.54 Å². The summed E-state index contributed by atoms with van der Waals surface area (Å²) in [5, 5.41) is 3.09. The molecular weight excluding hydrogens is 224 g/mol. The van der Waals surface area contributed by atoms with Crippen molar-refractivity contribution in [3.05, 3.63) is 17.8 Å². The molecule has 0 aliphatic carbocycles. The number of aromatic nitrogens is 1. The number of nitrogens with zero attached hydrogens (tertiary/aromatic N) is 1. The maximum absolute atomic E-state index is 10.9. The molecule has 0 spiro atoms. The summed E-state index contributed by atoms with van der Waals surface area (Å²) < 4.78 is 15.1. The van der Waals surface area contributed by atoms with Crippen LogP contribution in [0.5, 0.6) is 0 Å². The van der Waals surface area contributed by atoms with Crippen molar-refractivity contribution < 1.29 is 18.7 Å². The van der Waals surface area contributed by atoms with E-state index < -0.39 is 0 Å². The van der Waals surface area contributed by atoms with E-state index in [4.69, 9.17) is 13.9 Å². The molecule has 0 radical (unpaired) electrons. The standard InChI is InChI=1S/C11H18N2O4/c1-3-16-11(14)8-15-5-4-12-7-10-13-6-9(2)17-10/h6,12H,3-5,7-8H2,1-2H3. The Kier molecular flexibility index (Phi) is 6.27. The number of carbonyl (C=O) groups is 1. The van der Waals surface area contributed by atoms with Crippen molar-refractivity contribution in [1.82, 2.24) is 10.3 Å². The molecule has 1 heterocycles. The quantitative estimate of drug-likeness (QED) is 0.533. The van der Waals surface area contributed by atoms with Gasteiger partial charge in [-0.25, -0.2) is 9.78 Å². The van der Waals surface area contributed by atoms with E-state index in [1.54, 1.807) is 13.1 Å². The SMILES string of the molecule is CCOC(=O)COCCNCc1ncc(C)o1. The largest absolute Gasteiger partial charge is 0.464 e. The Morgan fingerprint density at radius 1 is 1.59 bits per heavy atom. The zero-order valence-electron chi connectivity index (χ0n) is 10.2. The molecule has 6 nitrogen and oxygen atoms in total. The number of aryl methyl sites for hydroxylation is 1. The van der Waals surface area contributed by atoms with Gasteiger partial charge < -0.3 is 19.2 Å². The molecule has 0 bridgehead atoms. The van der Waals surface area contributed by atoms with E-state index in [2.05, 4.69) is 10.3 Å². The number of hydrogen-bond donors (Lipinski definition) is 1. The number of esters is 1. The van der Waals surface area contributed by atoms with E-state index in [9.17, 15) is 4.79 Å². The second-order valence-corrected chi connectivity index (χ2v) is 3.40. The molecule has 0 aromatic carbocycles. The number of ether oxygens (including phenoxy) is 2. The predicted octanol–water partition coefficient (Wildman–Crippen LogP) is 0.652. The molecule has 6 heteroatoms. The predicted molar refractivity (Wildman–Crippen MR) is 60.4 cm³/mol. The van der Waals surface area contributed by atoms with Crippen LogP contribution in [-0.2, 0) is 20.8 Å². The summed E-state index contributed by atoms with van der Waals surface area (Å²) in [6, 6.07) is 0. The van der Waals surface area contributed by atoms with Crippen LogP contribution in [0.1, 0.15) is 18.6 Å². The van der Waals surface area contributed by atoms with Crippen LogP contribution in [0, 0.1) is 6.92 Å². The highest BCUT2D eigenvalue weighted by atomic mass is 16.6. The molecule has 0 saturated heterocycles. The van der Waals surface area contributed by atoms with Crippen molar-refractivity contribution in [2.45, 2.75) is 20.4 Å². The molecule has 96 valence electrons. The van der Waals surface area contributed by atoms with Gasteiger partial charge in [0.25, 0.3) is 0 Å². The Labute approximate surface area is 100 Å². The van der Waals surface area contributed by atoms with E-state index >= 15 is 0 Å². The van der Waals surface area contributed by atoms with E-state index in [0.717, 1.165) is 5.76 Å². The molecule has 0 aliphatic rings. The van der Waals surface area contributed by atoms with Crippen LogP contribution < -0.4 is 5.32 Å². The van der Waals surface area contributed by atoms with Gasteiger partial charge in [-0.1, -0.05) is 0 Å². The molecule has 1 rings (SSSR count). The fourth-order valence-corrected chi connectivity index (χ4v) is 1.18. The second-order valence-electron chi connectivity index (χ2n) is 3.40. The minimum atomic E-state index is -0.337. The summed E-state index contributed by atoms with van der Waals surface area (Å²) in [6.07, 6.45) is 1.67. The lowest BCUT2D eigenvalue weighted by Crippen LogP contribution is -2.21. The van der Waals surface area contributed by atoms with Gasteiger partial charge in [-0.15, -0.1) is 0 Å². The Bertz CT molecular complexity index is 338. The van der Waals surface area contributed by atoms with Gasteiger partial charge in [-0.05, 0) is 13.8 Å². The first-order valence-electron chi connectivity index (χ1n) is 5.57. The van der Waals surface area contributed by atoms with Crippen LogP contribution in [0.15, 0.2) is 10.6 Å². The lowest BCUT2D eigenvalue weighted by molar-refractivity contribution is -0.148. The maximum Gasteiger partial charge on any atom is 0.332 e. The first-order chi connectivity index (χ1) is 8.22. The van der Waals surface area contributed by atoms with Gasteiger partial charge in [0.05, 0.1) is 26.0 Å². The van der Waals surface area contributed by atoms with Crippen LogP contribution in [-0.4, -0.2) is 37.3 Å². The Morgan fingerprint density at radius 3 is 3.06 bits per heavy atom. The first-order valence-corrected chi connectivity index (χ1v) is 5.57. The van der Waals surface area contributed by atoms with E-state index in [0.29, 0.717) is 32.2 Å². The van der Waals surface area contributed by atoms with Crippen LogP contribution in [0.3, 0.4) is 0 Å². The Balaban J connectivity index is 1.96. The number of rotatable bonds is 8. The lowest BCUT2D eigenvalue weighted by atomic mass is 10.6. The minimum absolute atomic E-state index is 0.00632. The molecule has 0 amide bonds. The summed E-state index contributed by atoms with van der Waals surface area (Å²) in [6.45, 7) is 5.60. The molecule has 1 aromatic rings. The third-order valence-corrected chi connectivity index (χ3v) is 1.89. The highest BCUT2D eigenvalue weighted by Gasteiger charge is 2.01. The molecule has 0 saturated carbocycles. The molecule has 1 N–H and O–H groups in total. The Hall–Kier alpha value is -1.40. The highest BCUT2D eigenvalue weighted by molar-refractivity contribution is 5.70. The zero-order chi connectivity index (χ0) is 12.5. The third kappa shape index (κ3) is 6.03. The molecule has 0 atom stereocenters. The summed E-state index contributed by atoms with van der Waals surface area (Å²) in [4.78, 5) is 14.9. The minimum Gasteiger partial charge on any atom is -0.464 e. The van der Waals surface area contributed by atoms with Crippen LogP contribution in [0.4, 0.5) is 0 Å². The van der Waals surface area contributed by atoms with Gasteiger partial charge in [0.1, 0.15) is 12.4 Å². The number of oxazole rings is 1. The van der Waals surface area contributed by atoms with Gasteiger partial charge in [-0.2, -0.15) is 0 Å².